The number of nitro groups is 1. The van der Waals surface area contributed by atoms with Gasteiger partial charge >= 0.3 is 5.69 Å². The minimum absolute atomic E-state index is 0.00652. The van der Waals surface area contributed by atoms with Gasteiger partial charge in [-0.15, -0.1) is 0 Å². The van der Waals surface area contributed by atoms with Crippen LogP contribution in [0.5, 0.6) is 5.75 Å². The minimum atomic E-state index is -1.04. The van der Waals surface area contributed by atoms with Crippen LogP contribution in [0, 0.1) is 10.1 Å². The molecule has 6 heteroatoms. The van der Waals surface area contributed by atoms with E-state index in [1.54, 1.807) is 26.0 Å². The van der Waals surface area contributed by atoms with Gasteiger partial charge in [0.2, 0.25) is 0 Å². The summed E-state index contributed by atoms with van der Waals surface area (Å²) in [4.78, 5) is 10.7. The average Bonchev–Trinajstić information content (AvgIpc) is 2.32. The molecule has 0 atom stereocenters. The molecule has 0 aromatic heterocycles. The molecule has 6 nitrogen and oxygen atoms in total. The van der Waals surface area contributed by atoms with Crippen molar-refractivity contribution in [2.75, 3.05) is 6.61 Å². The number of rotatable bonds is 6. The van der Waals surface area contributed by atoms with E-state index in [9.17, 15) is 15.2 Å². The first-order valence-corrected chi connectivity index (χ1v) is 6.85. The zero-order valence-corrected chi connectivity index (χ0v) is 13.3. The quantitative estimate of drug-likeness (QED) is 0.622. The molecule has 0 unspecified atom stereocenters. The van der Waals surface area contributed by atoms with Gasteiger partial charge in [-0.2, -0.15) is 0 Å². The molecule has 118 valence electrons. The van der Waals surface area contributed by atoms with Crippen LogP contribution in [0.3, 0.4) is 0 Å². The lowest BCUT2D eigenvalue weighted by molar-refractivity contribution is -0.386. The summed E-state index contributed by atoms with van der Waals surface area (Å²) in [7, 11) is 0. The van der Waals surface area contributed by atoms with Crippen molar-refractivity contribution in [3.8, 4) is 5.75 Å². The third kappa shape index (κ3) is 6.55. The lowest BCUT2D eigenvalue weighted by Crippen LogP contribution is -2.35. The largest absolute Gasteiger partial charge is 0.484 e. The molecule has 0 aliphatic heterocycles. The van der Waals surface area contributed by atoms with E-state index in [1.807, 2.05) is 20.8 Å². The number of hydrogen-bond acceptors (Lipinski definition) is 5. The van der Waals surface area contributed by atoms with Gasteiger partial charge in [-0.25, -0.2) is 0 Å². The van der Waals surface area contributed by atoms with E-state index < -0.39 is 10.5 Å². The molecule has 1 aromatic carbocycles. The Morgan fingerprint density at radius 2 is 1.90 bits per heavy atom. The molecule has 0 amide bonds. The van der Waals surface area contributed by atoms with Crippen LogP contribution in [0.15, 0.2) is 18.2 Å². The van der Waals surface area contributed by atoms with Gasteiger partial charge in [-0.1, -0.05) is 6.07 Å². The molecule has 0 saturated carbocycles. The van der Waals surface area contributed by atoms with E-state index in [1.165, 1.54) is 6.07 Å². The smallest absolute Gasteiger partial charge is 0.311 e. The second kappa shape index (κ2) is 6.41. The molecule has 1 aromatic rings. The summed E-state index contributed by atoms with van der Waals surface area (Å²) >= 11 is 0. The standard InChI is InChI=1S/C15H24N2O4/c1-14(2,3)16-9-11-6-7-13(12(8-11)17(19)20)21-10-15(4,5)18/h6-8,16,18H,9-10H2,1-5H3. The summed E-state index contributed by atoms with van der Waals surface area (Å²) < 4.78 is 5.35. The zero-order chi connectivity index (χ0) is 16.3. The van der Waals surface area contributed by atoms with E-state index in [0.29, 0.717) is 6.54 Å². The highest BCUT2D eigenvalue weighted by molar-refractivity contribution is 5.48. The minimum Gasteiger partial charge on any atom is -0.484 e. The van der Waals surface area contributed by atoms with E-state index in [-0.39, 0.29) is 23.6 Å². The summed E-state index contributed by atoms with van der Waals surface area (Å²) in [6.45, 7) is 9.79. The lowest BCUT2D eigenvalue weighted by Gasteiger charge is -2.21. The second-order valence-electron chi connectivity index (χ2n) is 6.76. The number of ether oxygens (including phenoxy) is 1. The van der Waals surface area contributed by atoms with Crippen LogP contribution in [0.1, 0.15) is 40.2 Å². The molecule has 1 rings (SSSR count). The molecular weight excluding hydrogens is 272 g/mol. The molecule has 0 radical (unpaired) electrons. The number of aliphatic hydroxyl groups is 1. The van der Waals surface area contributed by atoms with Crippen LogP contribution >= 0.6 is 0 Å². The van der Waals surface area contributed by atoms with Gasteiger partial charge in [0.25, 0.3) is 0 Å². The molecule has 2 N–H and O–H groups in total. The molecule has 0 heterocycles. The molecule has 0 fully saturated rings. The van der Waals surface area contributed by atoms with E-state index in [0.717, 1.165) is 5.56 Å². The Labute approximate surface area is 125 Å². The van der Waals surface area contributed by atoms with Crippen LogP contribution in [-0.2, 0) is 6.54 Å². The van der Waals surface area contributed by atoms with Crippen molar-refractivity contribution in [2.45, 2.75) is 52.3 Å². The fraction of sp³-hybridized carbons (Fsp3) is 0.600. The van der Waals surface area contributed by atoms with E-state index in [4.69, 9.17) is 4.74 Å². The first-order valence-electron chi connectivity index (χ1n) is 6.85. The van der Waals surface area contributed by atoms with E-state index >= 15 is 0 Å². The Hall–Kier alpha value is -1.66. The third-order valence-electron chi connectivity index (χ3n) is 2.62. The number of benzene rings is 1. The highest BCUT2D eigenvalue weighted by Gasteiger charge is 2.20. The number of nitro benzene ring substituents is 1. The third-order valence-corrected chi connectivity index (χ3v) is 2.62. The monoisotopic (exact) mass is 296 g/mol. The van der Waals surface area contributed by atoms with Gasteiger partial charge in [0.05, 0.1) is 10.5 Å². The topological polar surface area (TPSA) is 84.6 Å². The van der Waals surface area contributed by atoms with Crippen LogP contribution in [0.2, 0.25) is 0 Å². The SMILES string of the molecule is CC(C)(O)COc1ccc(CNC(C)(C)C)cc1[N+](=O)[O-]. The van der Waals surface area contributed by atoms with Crippen molar-refractivity contribution in [3.05, 3.63) is 33.9 Å². The summed E-state index contributed by atoms with van der Waals surface area (Å²) in [5, 5.41) is 24.1. The Kier molecular flexibility index (Phi) is 5.31. The summed E-state index contributed by atoms with van der Waals surface area (Å²) in [5.74, 6) is 0.168. The molecule has 21 heavy (non-hydrogen) atoms. The van der Waals surface area contributed by atoms with Gasteiger partial charge in [0.1, 0.15) is 6.61 Å². The van der Waals surface area contributed by atoms with Gasteiger partial charge in [-0.05, 0) is 46.2 Å². The van der Waals surface area contributed by atoms with Crippen LogP contribution in [-0.4, -0.2) is 27.8 Å². The molecule has 0 aliphatic rings. The Balaban J connectivity index is 2.89. The summed E-state index contributed by atoms with van der Waals surface area (Å²) in [6, 6.07) is 4.85. The van der Waals surface area contributed by atoms with Gasteiger partial charge in [-0.3, -0.25) is 10.1 Å². The van der Waals surface area contributed by atoms with Crippen LogP contribution < -0.4 is 10.1 Å². The summed E-state index contributed by atoms with van der Waals surface area (Å²) in [6.07, 6.45) is 0. The van der Waals surface area contributed by atoms with Crippen LogP contribution in [0.25, 0.3) is 0 Å². The Morgan fingerprint density at radius 3 is 2.38 bits per heavy atom. The Morgan fingerprint density at radius 1 is 1.29 bits per heavy atom. The van der Waals surface area contributed by atoms with Gasteiger partial charge < -0.3 is 15.2 Å². The van der Waals surface area contributed by atoms with E-state index in [2.05, 4.69) is 5.32 Å². The van der Waals surface area contributed by atoms with Crippen molar-refractivity contribution >= 4 is 5.69 Å². The highest BCUT2D eigenvalue weighted by Crippen LogP contribution is 2.28. The predicted octanol–water partition coefficient (Wildman–Crippen LogP) is 2.63. The normalized spacial score (nSPS) is 12.3. The van der Waals surface area contributed by atoms with Crippen molar-refractivity contribution in [2.24, 2.45) is 0 Å². The fourth-order valence-electron chi connectivity index (χ4n) is 1.56. The fourth-order valence-corrected chi connectivity index (χ4v) is 1.56. The second-order valence-corrected chi connectivity index (χ2v) is 6.76. The van der Waals surface area contributed by atoms with Crippen LogP contribution in [0.4, 0.5) is 5.69 Å². The zero-order valence-electron chi connectivity index (χ0n) is 13.3. The number of nitrogens with zero attached hydrogens (tertiary/aromatic N) is 1. The number of nitrogens with one attached hydrogen (secondary N) is 1. The lowest BCUT2D eigenvalue weighted by atomic mass is 10.1. The first kappa shape index (κ1) is 17.4. The maximum absolute atomic E-state index is 11.1. The molecular formula is C15H24N2O4. The molecule has 0 aliphatic carbocycles. The number of hydrogen-bond donors (Lipinski definition) is 2. The molecule has 0 spiro atoms. The van der Waals surface area contributed by atoms with Crippen molar-refractivity contribution < 1.29 is 14.8 Å². The molecule has 0 saturated heterocycles. The van der Waals surface area contributed by atoms with Gasteiger partial charge in [0.15, 0.2) is 5.75 Å². The maximum atomic E-state index is 11.1. The maximum Gasteiger partial charge on any atom is 0.311 e. The highest BCUT2D eigenvalue weighted by atomic mass is 16.6. The first-order chi connectivity index (χ1) is 9.48. The Bertz CT molecular complexity index is 501. The van der Waals surface area contributed by atoms with Gasteiger partial charge in [0, 0.05) is 18.2 Å². The molecule has 0 bridgehead atoms. The summed E-state index contributed by atoms with van der Waals surface area (Å²) in [5.41, 5.74) is -0.384. The predicted molar refractivity (Wildman–Crippen MR) is 81.5 cm³/mol. The van der Waals surface area contributed by atoms with Crippen molar-refractivity contribution in [3.63, 3.8) is 0 Å². The average molecular weight is 296 g/mol. The van der Waals surface area contributed by atoms with Crippen molar-refractivity contribution in [1.29, 1.82) is 0 Å². The van der Waals surface area contributed by atoms with Crippen molar-refractivity contribution in [1.82, 2.24) is 5.32 Å².